The van der Waals surface area contributed by atoms with Crippen molar-refractivity contribution in [3.63, 3.8) is 0 Å². The molecule has 20 heavy (non-hydrogen) atoms. The zero-order valence-electron chi connectivity index (χ0n) is 11.3. The van der Waals surface area contributed by atoms with Gasteiger partial charge in [0.1, 0.15) is 11.6 Å². The Kier molecular flexibility index (Phi) is 4.55. The van der Waals surface area contributed by atoms with E-state index in [0.29, 0.717) is 13.0 Å². The Balaban J connectivity index is 2.32. The Hall–Kier alpha value is -1.27. The minimum Gasteiger partial charge on any atom is -0.324 e. The lowest BCUT2D eigenvalue weighted by Gasteiger charge is -2.14. The fraction of sp³-hybridized carbons (Fsp3) is 0.357. The van der Waals surface area contributed by atoms with Crippen LogP contribution in [0, 0.1) is 18.6 Å². The van der Waals surface area contributed by atoms with Gasteiger partial charge in [-0.2, -0.15) is 5.10 Å². The van der Waals surface area contributed by atoms with E-state index in [2.05, 4.69) is 21.0 Å². The molecular weight excluding hydrogens is 328 g/mol. The van der Waals surface area contributed by atoms with E-state index in [1.807, 2.05) is 18.5 Å². The van der Waals surface area contributed by atoms with E-state index >= 15 is 0 Å². The molecule has 108 valence electrons. The number of hydrogen-bond donors (Lipinski definition) is 1. The first-order valence-corrected chi connectivity index (χ1v) is 7.15. The Morgan fingerprint density at radius 3 is 2.75 bits per heavy atom. The molecule has 1 aromatic heterocycles. The van der Waals surface area contributed by atoms with Crippen LogP contribution in [-0.4, -0.2) is 9.78 Å². The molecule has 0 amide bonds. The van der Waals surface area contributed by atoms with Crippen LogP contribution in [0.4, 0.5) is 8.78 Å². The van der Waals surface area contributed by atoms with E-state index in [-0.39, 0.29) is 5.56 Å². The van der Waals surface area contributed by atoms with Crippen LogP contribution in [0.3, 0.4) is 0 Å². The molecule has 0 aliphatic heterocycles. The summed E-state index contributed by atoms with van der Waals surface area (Å²) in [6.07, 6.45) is 0.385. The number of rotatable bonds is 4. The van der Waals surface area contributed by atoms with Crippen molar-refractivity contribution in [2.45, 2.75) is 32.9 Å². The van der Waals surface area contributed by atoms with Crippen LogP contribution in [0.5, 0.6) is 0 Å². The highest BCUT2D eigenvalue weighted by Crippen LogP contribution is 2.26. The molecule has 0 aliphatic rings. The second-order valence-electron chi connectivity index (χ2n) is 4.64. The Morgan fingerprint density at radius 2 is 2.10 bits per heavy atom. The summed E-state index contributed by atoms with van der Waals surface area (Å²) in [5, 5.41) is 4.36. The van der Waals surface area contributed by atoms with Gasteiger partial charge in [0.15, 0.2) is 0 Å². The van der Waals surface area contributed by atoms with E-state index in [4.69, 9.17) is 5.73 Å². The maximum Gasteiger partial charge on any atom is 0.128 e. The zero-order valence-corrected chi connectivity index (χ0v) is 12.9. The van der Waals surface area contributed by atoms with Crippen molar-refractivity contribution in [1.29, 1.82) is 0 Å². The zero-order chi connectivity index (χ0) is 14.9. The summed E-state index contributed by atoms with van der Waals surface area (Å²) in [5.74, 6) is -0.981. The van der Waals surface area contributed by atoms with E-state index in [0.717, 1.165) is 34.1 Å². The molecule has 0 spiro atoms. The van der Waals surface area contributed by atoms with Crippen LogP contribution in [-0.2, 0) is 13.0 Å². The summed E-state index contributed by atoms with van der Waals surface area (Å²) in [6, 6.07) is 2.71. The third kappa shape index (κ3) is 2.91. The fourth-order valence-corrected chi connectivity index (χ4v) is 2.63. The van der Waals surface area contributed by atoms with Gasteiger partial charge < -0.3 is 5.73 Å². The lowest BCUT2D eigenvalue weighted by Crippen LogP contribution is -2.18. The highest BCUT2D eigenvalue weighted by atomic mass is 79.9. The maximum absolute atomic E-state index is 13.7. The molecule has 6 heteroatoms. The van der Waals surface area contributed by atoms with E-state index in [1.165, 1.54) is 0 Å². The molecule has 2 N–H and O–H groups in total. The number of aryl methyl sites for hydroxylation is 2. The van der Waals surface area contributed by atoms with Crippen molar-refractivity contribution in [2.24, 2.45) is 5.73 Å². The highest BCUT2D eigenvalue weighted by molar-refractivity contribution is 9.10. The topological polar surface area (TPSA) is 43.8 Å². The molecule has 0 bridgehead atoms. The average molecular weight is 344 g/mol. The van der Waals surface area contributed by atoms with Crippen molar-refractivity contribution < 1.29 is 8.78 Å². The number of benzene rings is 1. The third-order valence-corrected chi connectivity index (χ3v) is 4.26. The Labute approximate surface area is 124 Å². The first kappa shape index (κ1) is 15.1. The van der Waals surface area contributed by atoms with E-state index in [9.17, 15) is 8.78 Å². The van der Waals surface area contributed by atoms with Gasteiger partial charge in [0.2, 0.25) is 0 Å². The van der Waals surface area contributed by atoms with Gasteiger partial charge in [0, 0.05) is 24.6 Å². The normalized spacial score (nSPS) is 12.7. The molecule has 1 heterocycles. The molecule has 2 rings (SSSR count). The molecule has 0 aliphatic carbocycles. The molecule has 0 fully saturated rings. The largest absolute Gasteiger partial charge is 0.324 e. The summed E-state index contributed by atoms with van der Waals surface area (Å²) in [7, 11) is 0. The van der Waals surface area contributed by atoms with Crippen LogP contribution in [0.1, 0.15) is 29.9 Å². The summed E-state index contributed by atoms with van der Waals surface area (Å²) in [5.41, 5.74) is 7.95. The van der Waals surface area contributed by atoms with E-state index in [1.54, 1.807) is 0 Å². The smallest absolute Gasteiger partial charge is 0.128 e. The molecule has 1 aromatic carbocycles. The van der Waals surface area contributed by atoms with Crippen molar-refractivity contribution in [1.82, 2.24) is 9.78 Å². The first-order valence-electron chi connectivity index (χ1n) is 6.36. The van der Waals surface area contributed by atoms with E-state index < -0.39 is 17.7 Å². The van der Waals surface area contributed by atoms with Gasteiger partial charge in [-0.1, -0.05) is 0 Å². The minimum absolute atomic E-state index is 0.179. The van der Waals surface area contributed by atoms with Crippen molar-refractivity contribution in [3.05, 3.63) is 51.3 Å². The fourth-order valence-electron chi connectivity index (χ4n) is 2.18. The number of aromatic nitrogens is 2. The molecular formula is C14H16BrF2N3. The monoisotopic (exact) mass is 343 g/mol. The van der Waals surface area contributed by atoms with Gasteiger partial charge in [0.25, 0.3) is 0 Å². The lowest BCUT2D eigenvalue weighted by molar-refractivity contribution is 0.543. The van der Waals surface area contributed by atoms with Crippen LogP contribution in [0.2, 0.25) is 0 Å². The summed E-state index contributed by atoms with van der Waals surface area (Å²) < 4.78 is 29.6. The van der Waals surface area contributed by atoms with Crippen LogP contribution in [0.25, 0.3) is 0 Å². The van der Waals surface area contributed by atoms with Gasteiger partial charge in [-0.3, -0.25) is 4.68 Å². The summed E-state index contributed by atoms with van der Waals surface area (Å²) >= 11 is 3.47. The molecule has 0 saturated heterocycles. The Bertz CT molecular complexity index is 625. The SMILES string of the molecule is CCn1nc(C)c(Br)c1CC(N)c1cc(F)ccc1F. The Morgan fingerprint density at radius 1 is 1.40 bits per heavy atom. The predicted octanol–water partition coefficient (Wildman–Crippen LogP) is 3.49. The number of hydrogen-bond acceptors (Lipinski definition) is 2. The van der Waals surface area contributed by atoms with Crippen LogP contribution < -0.4 is 5.73 Å². The summed E-state index contributed by atoms with van der Waals surface area (Å²) in [4.78, 5) is 0. The molecule has 0 radical (unpaired) electrons. The molecule has 0 saturated carbocycles. The second-order valence-corrected chi connectivity index (χ2v) is 5.43. The molecule has 3 nitrogen and oxygen atoms in total. The molecule has 1 atom stereocenters. The van der Waals surface area contributed by atoms with Gasteiger partial charge in [0.05, 0.1) is 15.9 Å². The van der Waals surface area contributed by atoms with Gasteiger partial charge >= 0.3 is 0 Å². The van der Waals surface area contributed by atoms with Gasteiger partial charge in [-0.15, -0.1) is 0 Å². The average Bonchev–Trinajstić information content (AvgIpc) is 2.69. The number of nitrogens with zero attached hydrogens (tertiary/aromatic N) is 2. The molecule has 1 unspecified atom stereocenters. The number of nitrogens with two attached hydrogens (primary N) is 1. The lowest BCUT2D eigenvalue weighted by atomic mass is 10.0. The van der Waals surface area contributed by atoms with Crippen LogP contribution in [0.15, 0.2) is 22.7 Å². The predicted molar refractivity (Wildman–Crippen MR) is 77.3 cm³/mol. The molecule has 2 aromatic rings. The van der Waals surface area contributed by atoms with Crippen LogP contribution >= 0.6 is 15.9 Å². The third-order valence-electron chi connectivity index (χ3n) is 3.22. The quantitative estimate of drug-likeness (QED) is 0.923. The van der Waals surface area contributed by atoms with Crippen molar-refractivity contribution >= 4 is 15.9 Å². The minimum atomic E-state index is -0.622. The summed E-state index contributed by atoms with van der Waals surface area (Å²) in [6.45, 7) is 4.55. The van der Waals surface area contributed by atoms with Gasteiger partial charge in [-0.25, -0.2) is 8.78 Å². The van der Waals surface area contributed by atoms with Crippen molar-refractivity contribution in [3.8, 4) is 0 Å². The highest BCUT2D eigenvalue weighted by Gasteiger charge is 2.19. The van der Waals surface area contributed by atoms with Gasteiger partial charge in [-0.05, 0) is 48.0 Å². The standard InChI is InChI=1S/C14H16BrF2N3/c1-3-20-13(14(15)8(2)19-20)7-12(18)10-6-9(16)4-5-11(10)17/h4-6,12H,3,7,18H2,1-2H3. The first-order chi connectivity index (χ1) is 9.43. The second kappa shape index (κ2) is 6.01. The van der Waals surface area contributed by atoms with Crippen molar-refractivity contribution in [2.75, 3.05) is 0 Å². The maximum atomic E-state index is 13.7. The number of halogens is 3.